The summed E-state index contributed by atoms with van der Waals surface area (Å²) in [5.41, 5.74) is 0. The number of benzene rings is 1. The second kappa shape index (κ2) is 6.03. The first-order chi connectivity index (χ1) is 9.03. The van der Waals surface area contributed by atoms with Crippen molar-refractivity contribution in [2.75, 3.05) is 19.6 Å². The van der Waals surface area contributed by atoms with Crippen LogP contribution in [0.1, 0.15) is 20.3 Å². The Balaban J connectivity index is 2.36. The van der Waals surface area contributed by atoms with E-state index in [1.807, 2.05) is 6.07 Å². The molecule has 0 radical (unpaired) electrons. The van der Waals surface area contributed by atoms with E-state index in [9.17, 15) is 8.42 Å². The van der Waals surface area contributed by atoms with E-state index in [-0.39, 0.29) is 6.04 Å². The van der Waals surface area contributed by atoms with Gasteiger partial charge in [-0.15, -0.1) is 0 Å². The second-order valence-corrected chi connectivity index (χ2v) is 7.19. The van der Waals surface area contributed by atoms with E-state index in [2.05, 4.69) is 19.2 Å². The molecule has 106 valence electrons. The van der Waals surface area contributed by atoms with Gasteiger partial charge in [-0.25, -0.2) is 8.42 Å². The summed E-state index contributed by atoms with van der Waals surface area (Å²) < 4.78 is 27.2. The van der Waals surface area contributed by atoms with Crippen LogP contribution in [-0.4, -0.2) is 38.4 Å². The van der Waals surface area contributed by atoms with Gasteiger partial charge in [0.2, 0.25) is 10.0 Å². The summed E-state index contributed by atoms with van der Waals surface area (Å²) in [7, 11) is -3.39. The molecule has 1 heterocycles. The molecule has 1 aromatic carbocycles. The summed E-state index contributed by atoms with van der Waals surface area (Å²) in [6.45, 7) is 6.34. The van der Waals surface area contributed by atoms with E-state index >= 15 is 0 Å². The maximum absolute atomic E-state index is 12.8. The number of rotatable bonds is 3. The zero-order valence-corrected chi connectivity index (χ0v) is 12.4. The first-order valence-corrected chi connectivity index (χ1v) is 8.25. The number of hydrogen-bond donors (Lipinski definition) is 1. The molecule has 1 N–H and O–H groups in total. The number of sulfonamides is 1. The standard InChI is InChI=1S/C14H22N2O2S/c1-12(2)14-11-15-9-6-10-16(14)19(17,18)13-7-4-3-5-8-13/h3-5,7-8,12,14-15H,6,9-11H2,1-2H3. The van der Waals surface area contributed by atoms with Crippen LogP contribution in [0, 0.1) is 5.92 Å². The van der Waals surface area contributed by atoms with Gasteiger partial charge in [0.25, 0.3) is 0 Å². The molecule has 0 spiro atoms. The van der Waals surface area contributed by atoms with Gasteiger partial charge in [0.15, 0.2) is 0 Å². The molecule has 1 saturated heterocycles. The summed E-state index contributed by atoms with van der Waals surface area (Å²) in [6, 6.07) is 8.74. The molecule has 1 fully saturated rings. The van der Waals surface area contributed by atoms with Gasteiger partial charge in [0.1, 0.15) is 0 Å². The van der Waals surface area contributed by atoms with Gasteiger partial charge in [-0.1, -0.05) is 32.0 Å². The van der Waals surface area contributed by atoms with Crippen molar-refractivity contribution in [2.24, 2.45) is 5.92 Å². The second-order valence-electron chi connectivity index (χ2n) is 5.30. The van der Waals surface area contributed by atoms with Crippen molar-refractivity contribution in [2.45, 2.75) is 31.2 Å². The van der Waals surface area contributed by atoms with E-state index in [4.69, 9.17) is 0 Å². The lowest BCUT2D eigenvalue weighted by molar-refractivity contribution is 0.271. The highest BCUT2D eigenvalue weighted by Gasteiger charge is 2.33. The van der Waals surface area contributed by atoms with Crippen LogP contribution in [0.5, 0.6) is 0 Å². The Bertz CT molecular complexity index is 499. The minimum Gasteiger partial charge on any atom is -0.315 e. The predicted molar refractivity (Wildman–Crippen MR) is 76.4 cm³/mol. The third kappa shape index (κ3) is 3.16. The quantitative estimate of drug-likeness (QED) is 0.918. The maximum Gasteiger partial charge on any atom is 0.243 e. The summed E-state index contributed by atoms with van der Waals surface area (Å²) in [6.07, 6.45) is 0.856. The van der Waals surface area contributed by atoms with E-state index < -0.39 is 10.0 Å². The van der Waals surface area contributed by atoms with Gasteiger partial charge >= 0.3 is 0 Å². The van der Waals surface area contributed by atoms with Crippen LogP contribution in [0.25, 0.3) is 0 Å². The fraction of sp³-hybridized carbons (Fsp3) is 0.571. The van der Waals surface area contributed by atoms with E-state index in [0.717, 1.165) is 19.5 Å². The molecule has 4 nitrogen and oxygen atoms in total. The molecule has 0 aromatic heterocycles. The van der Waals surface area contributed by atoms with Crippen LogP contribution in [0.4, 0.5) is 0 Å². The Morgan fingerprint density at radius 1 is 1.26 bits per heavy atom. The molecule has 1 aromatic rings. The van der Waals surface area contributed by atoms with Gasteiger partial charge in [-0.2, -0.15) is 4.31 Å². The Hall–Kier alpha value is -0.910. The third-order valence-electron chi connectivity index (χ3n) is 3.57. The van der Waals surface area contributed by atoms with Gasteiger partial charge in [0, 0.05) is 19.1 Å². The fourth-order valence-corrected chi connectivity index (χ4v) is 4.29. The minimum absolute atomic E-state index is 0.0210. The van der Waals surface area contributed by atoms with Gasteiger partial charge in [0.05, 0.1) is 4.90 Å². The molecule has 0 aliphatic carbocycles. The Morgan fingerprint density at radius 2 is 1.95 bits per heavy atom. The molecule has 1 atom stereocenters. The monoisotopic (exact) mass is 282 g/mol. The van der Waals surface area contributed by atoms with Crippen molar-refractivity contribution < 1.29 is 8.42 Å². The lowest BCUT2D eigenvalue weighted by Crippen LogP contribution is -2.46. The van der Waals surface area contributed by atoms with Crippen LogP contribution in [0.15, 0.2) is 35.2 Å². The van der Waals surface area contributed by atoms with Crippen LogP contribution in [0.2, 0.25) is 0 Å². The van der Waals surface area contributed by atoms with Crippen molar-refractivity contribution in [3.05, 3.63) is 30.3 Å². The summed E-state index contributed by atoms with van der Waals surface area (Å²) in [5, 5.41) is 3.33. The Morgan fingerprint density at radius 3 is 2.58 bits per heavy atom. The Kier molecular flexibility index (Phi) is 4.60. The van der Waals surface area contributed by atoms with E-state index in [1.54, 1.807) is 28.6 Å². The highest BCUT2D eigenvalue weighted by molar-refractivity contribution is 7.89. The molecule has 19 heavy (non-hydrogen) atoms. The van der Waals surface area contributed by atoms with Gasteiger partial charge in [-0.3, -0.25) is 0 Å². The van der Waals surface area contributed by atoms with Crippen LogP contribution < -0.4 is 5.32 Å². The number of hydrogen-bond acceptors (Lipinski definition) is 3. The average molecular weight is 282 g/mol. The minimum atomic E-state index is -3.39. The molecular weight excluding hydrogens is 260 g/mol. The molecule has 1 unspecified atom stereocenters. The average Bonchev–Trinajstić information content (AvgIpc) is 2.65. The lowest BCUT2D eigenvalue weighted by atomic mass is 10.1. The first kappa shape index (κ1) is 14.5. The largest absolute Gasteiger partial charge is 0.315 e. The lowest BCUT2D eigenvalue weighted by Gasteiger charge is -2.31. The fourth-order valence-electron chi connectivity index (χ4n) is 2.47. The summed E-state index contributed by atoms with van der Waals surface area (Å²) in [4.78, 5) is 0.391. The van der Waals surface area contributed by atoms with Gasteiger partial charge < -0.3 is 5.32 Å². The Labute approximate surface area is 115 Å². The normalized spacial score (nSPS) is 22.4. The van der Waals surface area contributed by atoms with E-state index in [1.165, 1.54) is 0 Å². The molecule has 1 aliphatic heterocycles. The van der Waals surface area contributed by atoms with Crippen molar-refractivity contribution in [1.29, 1.82) is 0 Å². The molecule has 0 bridgehead atoms. The van der Waals surface area contributed by atoms with Crippen molar-refractivity contribution >= 4 is 10.0 Å². The van der Waals surface area contributed by atoms with Crippen LogP contribution in [0.3, 0.4) is 0 Å². The van der Waals surface area contributed by atoms with Crippen molar-refractivity contribution in [3.8, 4) is 0 Å². The topological polar surface area (TPSA) is 49.4 Å². The zero-order chi connectivity index (χ0) is 13.9. The molecule has 0 amide bonds. The molecule has 1 aliphatic rings. The highest BCUT2D eigenvalue weighted by Crippen LogP contribution is 2.23. The number of nitrogens with one attached hydrogen (secondary N) is 1. The summed E-state index contributed by atoms with van der Waals surface area (Å²) in [5.74, 6) is 0.295. The molecule has 2 rings (SSSR count). The predicted octanol–water partition coefficient (Wildman–Crippen LogP) is 1.70. The molecular formula is C14H22N2O2S. The van der Waals surface area contributed by atoms with Gasteiger partial charge in [-0.05, 0) is 31.0 Å². The van der Waals surface area contributed by atoms with Crippen LogP contribution >= 0.6 is 0 Å². The van der Waals surface area contributed by atoms with Crippen molar-refractivity contribution in [1.82, 2.24) is 9.62 Å². The molecule has 0 saturated carbocycles. The van der Waals surface area contributed by atoms with Crippen molar-refractivity contribution in [3.63, 3.8) is 0 Å². The number of nitrogens with zero attached hydrogens (tertiary/aromatic N) is 1. The van der Waals surface area contributed by atoms with Crippen LogP contribution in [-0.2, 0) is 10.0 Å². The third-order valence-corrected chi connectivity index (χ3v) is 5.51. The zero-order valence-electron chi connectivity index (χ0n) is 11.5. The smallest absolute Gasteiger partial charge is 0.243 e. The SMILES string of the molecule is CC(C)C1CNCCCN1S(=O)(=O)c1ccccc1. The van der Waals surface area contributed by atoms with E-state index in [0.29, 0.717) is 17.4 Å². The maximum atomic E-state index is 12.8. The first-order valence-electron chi connectivity index (χ1n) is 6.81. The summed E-state index contributed by atoms with van der Waals surface area (Å²) >= 11 is 0. The highest BCUT2D eigenvalue weighted by atomic mass is 32.2. The molecule has 5 heteroatoms.